The molecule has 3 heterocycles. The van der Waals surface area contributed by atoms with Gasteiger partial charge in [0.2, 0.25) is 0 Å². The standard InChI is InChI=1S/C17H13N5/c18-10-12-4-1-2-6-15(12)22-17-14(7-9-20-17)16(21-22)13-5-3-8-19-11-13/h1-6,8,11,20H,7,9H2. The molecule has 2 aromatic heterocycles. The molecule has 106 valence electrons. The molecule has 1 N–H and O–H groups in total. The van der Waals surface area contributed by atoms with Gasteiger partial charge in [-0.2, -0.15) is 10.4 Å². The van der Waals surface area contributed by atoms with Crippen LogP contribution in [0.2, 0.25) is 0 Å². The van der Waals surface area contributed by atoms with Crippen molar-refractivity contribution in [3.8, 4) is 23.0 Å². The zero-order chi connectivity index (χ0) is 14.9. The van der Waals surface area contributed by atoms with Gasteiger partial charge in [-0.15, -0.1) is 0 Å². The minimum absolute atomic E-state index is 0.610. The molecule has 1 aliphatic rings. The van der Waals surface area contributed by atoms with E-state index in [4.69, 9.17) is 5.10 Å². The lowest BCUT2D eigenvalue weighted by Crippen LogP contribution is -2.05. The maximum atomic E-state index is 9.33. The van der Waals surface area contributed by atoms with Crippen molar-refractivity contribution >= 4 is 5.82 Å². The minimum Gasteiger partial charge on any atom is -0.369 e. The van der Waals surface area contributed by atoms with Crippen molar-refractivity contribution < 1.29 is 0 Å². The fourth-order valence-corrected chi connectivity index (χ4v) is 2.84. The summed E-state index contributed by atoms with van der Waals surface area (Å²) in [6.45, 7) is 0.884. The molecule has 0 amide bonds. The van der Waals surface area contributed by atoms with Gasteiger partial charge in [0.15, 0.2) is 0 Å². The second kappa shape index (κ2) is 5.01. The Hall–Kier alpha value is -3.13. The van der Waals surface area contributed by atoms with Gasteiger partial charge in [-0.3, -0.25) is 4.98 Å². The quantitative estimate of drug-likeness (QED) is 0.787. The monoisotopic (exact) mass is 287 g/mol. The largest absolute Gasteiger partial charge is 0.369 e. The van der Waals surface area contributed by atoms with Crippen LogP contribution in [0, 0.1) is 11.3 Å². The molecule has 0 fully saturated rings. The molecule has 0 bridgehead atoms. The van der Waals surface area contributed by atoms with Gasteiger partial charge < -0.3 is 5.32 Å². The molecule has 0 spiro atoms. The van der Waals surface area contributed by atoms with Crippen LogP contribution in [0.15, 0.2) is 48.8 Å². The average Bonchev–Trinajstić information content (AvgIpc) is 3.18. The molecule has 1 aromatic carbocycles. The Kier molecular flexibility index (Phi) is 2.87. The van der Waals surface area contributed by atoms with Crippen molar-refractivity contribution in [3.05, 3.63) is 59.9 Å². The van der Waals surface area contributed by atoms with E-state index in [0.717, 1.165) is 35.7 Å². The van der Waals surface area contributed by atoms with Gasteiger partial charge in [0, 0.05) is 30.1 Å². The molecule has 22 heavy (non-hydrogen) atoms. The Morgan fingerprint density at radius 2 is 2.09 bits per heavy atom. The van der Waals surface area contributed by atoms with Crippen LogP contribution < -0.4 is 5.32 Å². The lowest BCUT2D eigenvalue weighted by atomic mass is 10.1. The number of pyridine rings is 1. The van der Waals surface area contributed by atoms with E-state index in [2.05, 4.69) is 16.4 Å². The highest BCUT2D eigenvalue weighted by atomic mass is 15.3. The first-order chi connectivity index (χ1) is 10.9. The number of nitriles is 1. The maximum absolute atomic E-state index is 9.33. The van der Waals surface area contributed by atoms with Crippen LogP contribution in [0.3, 0.4) is 0 Å². The van der Waals surface area contributed by atoms with Crippen LogP contribution in [-0.2, 0) is 6.42 Å². The smallest absolute Gasteiger partial charge is 0.133 e. The summed E-state index contributed by atoms with van der Waals surface area (Å²) in [5.74, 6) is 0.974. The Labute approximate surface area is 127 Å². The Balaban J connectivity index is 1.94. The molecule has 0 saturated carbocycles. The van der Waals surface area contributed by atoms with Gasteiger partial charge in [0.25, 0.3) is 0 Å². The molecule has 5 heteroatoms. The molecule has 0 saturated heterocycles. The van der Waals surface area contributed by atoms with E-state index in [0.29, 0.717) is 5.56 Å². The summed E-state index contributed by atoms with van der Waals surface area (Å²) in [7, 11) is 0. The average molecular weight is 287 g/mol. The van der Waals surface area contributed by atoms with Crippen LogP contribution in [0.5, 0.6) is 0 Å². The van der Waals surface area contributed by atoms with Crippen LogP contribution in [0.1, 0.15) is 11.1 Å². The number of hydrogen-bond donors (Lipinski definition) is 1. The maximum Gasteiger partial charge on any atom is 0.133 e. The van der Waals surface area contributed by atoms with Crippen molar-refractivity contribution in [3.63, 3.8) is 0 Å². The van der Waals surface area contributed by atoms with E-state index in [9.17, 15) is 5.26 Å². The van der Waals surface area contributed by atoms with Gasteiger partial charge >= 0.3 is 0 Å². The zero-order valence-electron chi connectivity index (χ0n) is 11.8. The fourth-order valence-electron chi connectivity index (χ4n) is 2.84. The Morgan fingerprint density at radius 3 is 2.91 bits per heavy atom. The summed E-state index contributed by atoms with van der Waals surface area (Å²) in [6, 6.07) is 13.7. The first kappa shape index (κ1) is 12.6. The van der Waals surface area contributed by atoms with Gasteiger partial charge in [-0.05, 0) is 30.7 Å². The lowest BCUT2D eigenvalue weighted by Gasteiger charge is -2.07. The predicted octanol–water partition coefficient (Wildman–Crippen LogP) is 2.77. The third-order valence-corrected chi connectivity index (χ3v) is 3.84. The molecule has 4 rings (SSSR count). The Morgan fingerprint density at radius 1 is 1.18 bits per heavy atom. The predicted molar refractivity (Wildman–Crippen MR) is 83.7 cm³/mol. The number of benzene rings is 1. The van der Waals surface area contributed by atoms with E-state index in [1.165, 1.54) is 5.56 Å². The minimum atomic E-state index is 0.610. The molecule has 0 unspecified atom stereocenters. The second-order valence-corrected chi connectivity index (χ2v) is 5.13. The lowest BCUT2D eigenvalue weighted by molar-refractivity contribution is 0.879. The summed E-state index contributed by atoms with van der Waals surface area (Å²) < 4.78 is 1.84. The summed E-state index contributed by atoms with van der Waals surface area (Å²) in [5.41, 5.74) is 4.52. The van der Waals surface area contributed by atoms with E-state index in [1.807, 2.05) is 47.3 Å². The van der Waals surface area contributed by atoms with E-state index in [1.54, 1.807) is 6.20 Å². The number of anilines is 1. The van der Waals surface area contributed by atoms with Crippen molar-refractivity contribution in [1.29, 1.82) is 5.26 Å². The summed E-state index contributed by atoms with van der Waals surface area (Å²) in [6.07, 6.45) is 4.50. The number of nitrogens with zero attached hydrogens (tertiary/aromatic N) is 4. The molecular weight excluding hydrogens is 274 g/mol. The molecule has 0 atom stereocenters. The number of aromatic nitrogens is 3. The molecule has 3 aromatic rings. The number of rotatable bonds is 2. The highest BCUT2D eigenvalue weighted by Crippen LogP contribution is 2.34. The summed E-state index contributed by atoms with van der Waals surface area (Å²) in [5, 5.41) is 17.5. The van der Waals surface area contributed by atoms with Crippen LogP contribution in [-0.4, -0.2) is 21.3 Å². The van der Waals surface area contributed by atoms with Gasteiger partial charge in [-0.1, -0.05) is 12.1 Å². The highest BCUT2D eigenvalue weighted by Gasteiger charge is 2.24. The highest BCUT2D eigenvalue weighted by molar-refractivity contribution is 5.72. The first-order valence-electron chi connectivity index (χ1n) is 7.14. The van der Waals surface area contributed by atoms with Crippen LogP contribution in [0.4, 0.5) is 5.82 Å². The summed E-state index contributed by atoms with van der Waals surface area (Å²) in [4.78, 5) is 4.18. The third-order valence-electron chi connectivity index (χ3n) is 3.84. The summed E-state index contributed by atoms with van der Waals surface area (Å²) >= 11 is 0. The zero-order valence-corrected chi connectivity index (χ0v) is 11.8. The fraction of sp³-hybridized carbons (Fsp3) is 0.118. The number of hydrogen-bond acceptors (Lipinski definition) is 4. The van der Waals surface area contributed by atoms with Crippen LogP contribution in [0.25, 0.3) is 16.9 Å². The van der Waals surface area contributed by atoms with E-state index < -0.39 is 0 Å². The van der Waals surface area contributed by atoms with Gasteiger partial charge in [0.1, 0.15) is 11.9 Å². The van der Waals surface area contributed by atoms with Crippen molar-refractivity contribution in [1.82, 2.24) is 14.8 Å². The Bertz CT molecular complexity index is 874. The molecule has 5 nitrogen and oxygen atoms in total. The van der Waals surface area contributed by atoms with Crippen molar-refractivity contribution in [2.45, 2.75) is 6.42 Å². The SMILES string of the molecule is N#Cc1ccccc1-n1nc(-c2cccnc2)c2c1NCC2. The van der Waals surface area contributed by atoms with Crippen molar-refractivity contribution in [2.75, 3.05) is 11.9 Å². The molecule has 0 aliphatic carbocycles. The number of fused-ring (bicyclic) bond motifs is 1. The first-order valence-corrected chi connectivity index (χ1v) is 7.14. The van der Waals surface area contributed by atoms with Crippen molar-refractivity contribution in [2.24, 2.45) is 0 Å². The molecule has 1 aliphatic heterocycles. The molecule has 0 radical (unpaired) electrons. The van der Waals surface area contributed by atoms with E-state index in [-0.39, 0.29) is 0 Å². The van der Waals surface area contributed by atoms with E-state index >= 15 is 0 Å². The number of para-hydroxylation sites is 1. The van der Waals surface area contributed by atoms with Gasteiger partial charge in [0.05, 0.1) is 16.9 Å². The molecular formula is C17H13N5. The third kappa shape index (κ3) is 1.85. The van der Waals surface area contributed by atoms with Gasteiger partial charge in [-0.25, -0.2) is 4.68 Å². The van der Waals surface area contributed by atoms with Crippen LogP contribution >= 0.6 is 0 Å². The topological polar surface area (TPSA) is 66.5 Å². The number of nitrogens with one attached hydrogen (secondary N) is 1. The second-order valence-electron chi connectivity index (χ2n) is 5.13. The normalized spacial score (nSPS) is 12.5.